The predicted molar refractivity (Wildman–Crippen MR) is 92.1 cm³/mol. The van der Waals surface area contributed by atoms with Gasteiger partial charge in [-0.25, -0.2) is 4.98 Å². The molecule has 1 N–H and O–H groups in total. The molecule has 10 heteroatoms. The van der Waals surface area contributed by atoms with Gasteiger partial charge in [0, 0.05) is 18.3 Å². The number of carbonyl (C=O) groups excluding carboxylic acids is 1. The Labute approximate surface area is 162 Å². The number of benzene rings is 1. The summed E-state index contributed by atoms with van der Waals surface area (Å²) in [6, 6.07) is 5.01. The molecule has 0 aliphatic heterocycles. The molecule has 1 heterocycles. The number of rotatable bonds is 6. The lowest BCUT2D eigenvalue weighted by Crippen LogP contribution is -2.29. The summed E-state index contributed by atoms with van der Waals surface area (Å²) in [4.78, 5) is 16.1. The van der Waals surface area contributed by atoms with E-state index in [0.717, 1.165) is 18.2 Å². The molecule has 1 unspecified atom stereocenters. The van der Waals surface area contributed by atoms with Crippen LogP contribution in [0.1, 0.15) is 41.5 Å². The Balaban J connectivity index is 2.16. The molecule has 0 fully saturated rings. The van der Waals surface area contributed by atoms with Gasteiger partial charge in [0.25, 0.3) is 0 Å². The lowest BCUT2D eigenvalue weighted by Gasteiger charge is -2.17. The first kappa shape index (κ1) is 22.5. The number of alkyl halides is 6. The molecule has 158 valence electrons. The van der Waals surface area contributed by atoms with Crippen LogP contribution in [-0.4, -0.2) is 18.0 Å². The van der Waals surface area contributed by atoms with E-state index in [0.29, 0.717) is 11.8 Å². The van der Waals surface area contributed by atoms with E-state index in [9.17, 15) is 31.1 Å². The van der Waals surface area contributed by atoms with Crippen LogP contribution in [0.25, 0.3) is 0 Å². The van der Waals surface area contributed by atoms with Crippen molar-refractivity contribution in [2.45, 2.75) is 38.2 Å². The number of hydrogen-bond donors (Lipinski definition) is 1. The fourth-order valence-electron chi connectivity index (χ4n) is 2.75. The molecule has 1 atom stereocenters. The summed E-state index contributed by atoms with van der Waals surface area (Å²) in [6.45, 7) is 1.39. The van der Waals surface area contributed by atoms with Gasteiger partial charge in [0.05, 0.1) is 24.2 Å². The monoisotopic (exact) mass is 420 g/mol. The number of aromatic nitrogens is 1. The van der Waals surface area contributed by atoms with E-state index in [-0.39, 0.29) is 24.4 Å². The molecule has 0 aliphatic rings. The number of methoxy groups -OCH3 is 1. The van der Waals surface area contributed by atoms with Gasteiger partial charge in [-0.3, -0.25) is 4.79 Å². The lowest BCUT2D eigenvalue weighted by atomic mass is 9.94. The third kappa shape index (κ3) is 5.61. The maximum atomic E-state index is 12.9. The number of carbonyl (C=O) groups is 1. The van der Waals surface area contributed by atoms with Crippen LogP contribution in [0.5, 0.6) is 5.88 Å². The van der Waals surface area contributed by atoms with Crippen LogP contribution in [0.15, 0.2) is 36.5 Å². The normalized spacial score (nSPS) is 13.1. The largest absolute Gasteiger partial charge is 0.481 e. The van der Waals surface area contributed by atoms with Gasteiger partial charge in [-0.2, -0.15) is 26.3 Å². The van der Waals surface area contributed by atoms with E-state index in [1.807, 2.05) is 0 Å². The average molecular weight is 420 g/mol. The van der Waals surface area contributed by atoms with Gasteiger partial charge in [-0.1, -0.05) is 19.1 Å². The van der Waals surface area contributed by atoms with Gasteiger partial charge in [-0.15, -0.1) is 0 Å². The van der Waals surface area contributed by atoms with Crippen LogP contribution in [-0.2, 0) is 23.7 Å². The Morgan fingerprint density at radius 2 is 1.66 bits per heavy atom. The molecule has 0 saturated heterocycles. The molecule has 0 bridgehead atoms. The summed E-state index contributed by atoms with van der Waals surface area (Å²) >= 11 is 0. The first-order valence-corrected chi connectivity index (χ1v) is 8.52. The summed E-state index contributed by atoms with van der Waals surface area (Å²) in [6.07, 6.45) is -8.18. The second-order valence-corrected chi connectivity index (χ2v) is 6.19. The lowest BCUT2D eigenvalue weighted by molar-refractivity contribution is -0.138. The SMILES string of the molecule is CCC(C(=O)NCc1cc(C(F)(F)F)cnc1OC)c1ccc(C(F)(F)F)cc1. The van der Waals surface area contributed by atoms with E-state index in [2.05, 4.69) is 10.3 Å². The van der Waals surface area contributed by atoms with Crippen molar-refractivity contribution in [3.8, 4) is 5.88 Å². The molecule has 29 heavy (non-hydrogen) atoms. The second-order valence-electron chi connectivity index (χ2n) is 6.19. The van der Waals surface area contributed by atoms with E-state index in [4.69, 9.17) is 4.74 Å². The van der Waals surface area contributed by atoms with Gasteiger partial charge in [0.2, 0.25) is 11.8 Å². The maximum absolute atomic E-state index is 12.9. The summed E-state index contributed by atoms with van der Waals surface area (Å²) in [5.74, 6) is -1.37. The fraction of sp³-hybridized carbons (Fsp3) is 0.368. The van der Waals surface area contributed by atoms with Crippen molar-refractivity contribution in [2.75, 3.05) is 7.11 Å². The molecule has 0 spiro atoms. The van der Waals surface area contributed by atoms with Crippen LogP contribution in [0.4, 0.5) is 26.3 Å². The molecule has 1 amide bonds. The highest BCUT2D eigenvalue weighted by Gasteiger charge is 2.32. The van der Waals surface area contributed by atoms with Gasteiger partial charge in [0.1, 0.15) is 0 Å². The first-order chi connectivity index (χ1) is 13.5. The number of ether oxygens (including phenoxy) is 1. The molecule has 1 aromatic heterocycles. The second kappa shape index (κ2) is 8.71. The van der Waals surface area contributed by atoms with E-state index >= 15 is 0 Å². The van der Waals surface area contributed by atoms with Crippen LogP contribution < -0.4 is 10.1 Å². The number of halogens is 6. The minimum atomic E-state index is -4.61. The summed E-state index contributed by atoms with van der Waals surface area (Å²) in [5, 5.41) is 2.50. The van der Waals surface area contributed by atoms with Gasteiger partial charge >= 0.3 is 12.4 Å². The summed E-state index contributed by atoms with van der Waals surface area (Å²) < 4.78 is 81.6. The van der Waals surface area contributed by atoms with Crippen molar-refractivity contribution in [2.24, 2.45) is 0 Å². The van der Waals surface area contributed by atoms with Crippen molar-refractivity contribution in [1.82, 2.24) is 10.3 Å². The number of pyridine rings is 1. The molecule has 1 aromatic carbocycles. The molecule has 0 aliphatic carbocycles. The Bertz CT molecular complexity index is 847. The van der Waals surface area contributed by atoms with Gasteiger partial charge in [-0.05, 0) is 30.2 Å². The van der Waals surface area contributed by atoms with E-state index < -0.39 is 35.3 Å². The molecule has 4 nitrogen and oxygen atoms in total. The Morgan fingerprint density at radius 1 is 1.07 bits per heavy atom. The molecule has 0 radical (unpaired) electrons. The zero-order valence-corrected chi connectivity index (χ0v) is 15.5. The highest BCUT2D eigenvalue weighted by Crippen LogP contribution is 2.32. The van der Waals surface area contributed by atoms with E-state index in [1.54, 1.807) is 6.92 Å². The van der Waals surface area contributed by atoms with Crippen LogP contribution in [0, 0.1) is 0 Å². The number of amides is 1. The van der Waals surface area contributed by atoms with E-state index in [1.165, 1.54) is 19.2 Å². The zero-order chi connectivity index (χ0) is 21.8. The van der Waals surface area contributed by atoms with Crippen molar-refractivity contribution in [1.29, 1.82) is 0 Å². The Morgan fingerprint density at radius 3 is 2.14 bits per heavy atom. The third-order valence-electron chi connectivity index (χ3n) is 4.26. The minimum Gasteiger partial charge on any atom is -0.481 e. The van der Waals surface area contributed by atoms with Crippen LogP contribution in [0.3, 0.4) is 0 Å². The summed E-state index contributed by atoms with van der Waals surface area (Å²) in [5.41, 5.74) is -1.43. The summed E-state index contributed by atoms with van der Waals surface area (Å²) in [7, 11) is 1.23. The Hall–Kier alpha value is -2.78. The number of hydrogen-bond acceptors (Lipinski definition) is 3. The Kier molecular flexibility index (Phi) is 6.76. The molecular formula is C19H18F6N2O2. The quantitative estimate of drug-likeness (QED) is 0.674. The topological polar surface area (TPSA) is 51.2 Å². The minimum absolute atomic E-state index is 0.0259. The van der Waals surface area contributed by atoms with Gasteiger partial charge in [0.15, 0.2) is 0 Å². The van der Waals surface area contributed by atoms with Crippen molar-refractivity contribution in [3.05, 3.63) is 58.8 Å². The van der Waals surface area contributed by atoms with Crippen LogP contribution >= 0.6 is 0 Å². The third-order valence-corrected chi connectivity index (χ3v) is 4.26. The zero-order valence-electron chi connectivity index (χ0n) is 15.5. The number of nitrogens with zero attached hydrogens (tertiary/aromatic N) is 1. The molecule has 2 aromatic rings. The standard InChI is InChI=1S/C19H18F6N2O2/c1-3-15(11-4-6-13(7-5-11)18(20,21)22)16(28)26-9-12-8-14(19(23,24)25)10-27-17(12)29-2/h4-8,10,15H,3,9H2,1-2H3,(H,26,28). The molecular weight excluding hydrogens is 402 g/mol. The van der Waals surface area contributed by atoms with Crippen molar-refractivity contribution in [3.63, 3.8) is 0 Å². The molecule has 0 saturated carbocycles. The average Bonchev–Trinajstić information content (AvgIpc) is 2.65. The fourth-order valence-corrected chi connectivity index (χ4v) is 2.75. The smallest absolute Gasteiger partial charge is 0.417 e. The highest BCUT2D eigenvalue weighted by atomic mass is 19.4. The number of nitrogens with one attached hydrogen (secondary N) is 1. The van der Waals surface area contributed by atoms with Crippen molar-refractivity contribution < 1.29 is 35.9 Å². The van der Waals surface area contributed by atoms with Crippen molar-refractivity contribution >= 4 is 5.91 Å². The maximum Gasteiger partial charge on any atom is 0.417 e. The first-order valence-electron chi connectivity index (χ1n) is 8.52. The van der Waals surface area contributed by atoms with Crippen LogP contribution in [0.2, 0.25) is 0 Å². The van der Waals surface area contributed by atoms with Gasteiger partial charge < -0.3 is 10.1 Å². The predicted octanol–water partition coefficient (Wildman–Crippen LogP) is 4.94. The molecule has 2 rings (SSSR count). The highest BCUT2D eigenvalue weighted by molar-refractivity contribution is 5.83.